The van der Waals surface area contributed by atoms with E-state index in [9.17, 15) is 0 Å². The Balaban J connectivity index is 5.04. The molecule has 16 heavy (non-hydrogen) atoms. The fraction of sp³-hybridized carbons (Fsp3) is 1.00. The molecule has 0 unspecified atom stereocenters. The van der Waals surface area contributed by atoms with Crippen molar-refractivity contribution < 1.29 is 0 Å². The van der Waals surface area contributed by atoms with Crippen LogP contribution in [0.3, 0.4) is 0 Å². The van der Waals surface area contributed by atoms with E-state index >= 15 is 0 Å². The highest BCUT2D eigenvalue weighted by atomic mass is 28.3. The average Bonchev–Trinajstić information content (AvgIpc) is 2.18. The maximum Gasteiger partial charge on any atom is 0.126 e. The first kappa shape index (κ1) is 16.1. The largest absolute Gasteiger partial charge is 0.279 e. The van der Waals surface area contributed by atoms with Gasteiger partial charge in [-0.1, -0.05) is 25.9 Å². The topological polar surface area (TPSA) is 9.72 Å². The van der Waals surface area contributed by atoms with Gasteiger partial charge in [0.05, 0.1) is 8.80 Å². The Labute approximate surface area is 104 Å². The minimum atomic E-state index is -0.238. The molecule has 0 heterocycles. The Morgan fingerprint density at radius 3 is 1.25 bits per heavy atom. The standard InChI is InChI=1S/C12H30N3Si/c1-9-16(10-2)11-12(13(3)4,14(5)6)15(7)8/h9-11H2,1-8H3. The molecule has 0 N–H and O–H groups in total. The molecular weight excluding hydrogens is 214 g/mol. The lowest BCUT2D eigenvalue weighted by Crippen LogP contribution is -2.65. The smallest absolute Gasteiger partial charge is 0.126 e. The molecule has 0 saturated carbocycles. The molecular formula is C12H30N3Si. The Hall–Kier alpha value is 0.0969. The highest BCUT2D eigenvalue weighted by molar-refractivity contribution is 6.58. The van der Waals surface area contributed by atoms with Crippen LogP contribution in [0, 0.1) is 0 Å². The maximum absolute atomic E-state index is 2.35. The summed E-state index contributed by atoms with van der Waals surface area (Å²) in [6.07, 6.45) is 0. The summed E-state index contributed by atoms with van der Waals surface area (Å²) in [4.78, 5) is 7.05. The Kier molecular flexibility index (Phi) is 6.78. The zero-order valence-electron chi connectivity index (χ0n) is 12.5. The molecule has 97 valence electrons. The van der Waals surface area contributed by atoms with E-state index in [0.717, 1.165) is 0 Å². The third-order valence-corrected chi connectivity index (χ3v) is 6.61. The van der Waals surface area contributed by atoms with Crippen LogP contribution in [0.5, 0.6) is 0 Å². The van der Waals surface area contributed by atoms with Gasteiger partial charge in [0.1, 0.15) is 5.79 Å². The summed E-state index contributed by atoms with van der Waals surface area (Å²) in [5.74, 6) is 0.0698. The van der Waals surface area contributed by atoms with Crippen LogP contribution >= 0.6 is 0 Å². The van der Waals surface area contributed by atoms with E-state index in [1.54, 1.807) is 0 Å². The molecule has 0 aromatic carbocycles. The zero-order valence-corrected chi connectivity index (χ0v) is 13.5. The minimum absolute atomic E-state index is 0.0698. The first-order valence-electron chi connectivity index (χ1n) is 6.18. The fourth-order valence-electron chi connectivity index (χ4n) is 2.51. The molecule has 0 fully saturated rings. The van der Waals surface area contributed by atoms with Crippen molar-refractivity contribution in [1.29, 1.82) is 0 Å². The quantitative estimate of drug-likeness (QED) is 0.500. The molecule has 0 amide bonds. The Bertz CT molecular complexity index is 167. The lowest BCUT2D eigenvalue weighted by atomic mass is 10.3. The van der Waals surface area contributed by atoms with E-state index in [-0.39, 0.29) is 14.6 Å². The molecule has 4 heteroatoms. The Morgan fingerprint density at radius 2 is 1.06 bits per heavy atom. The van der Waals surface area contributed by atoms with Gasteiger partial charge in [0.15, 0.2) is 0 Å². The van der Waals surface area contributed by atoms with E-state index in [0.29, 0.717) is 0 Å². The van der Waals surface area contributed by atoms with Crippen molar-refractivity contribution in [2.45, 2.75) is 37.8 Å². The van der Waals surface area contributed by atoms with Gasteiger partial charge >= 0.3 is 0 Å². The fourth-order valence-corrected chi connectivity index (χ4v) is 5.13. The van der Waals surface area contributed by atoms with Gasteiger partial charge in [-0.05, 0) is 48.3 Å². The highest BCUT2D eigenvalue weighted by Gasteiger charge is 2.39. The van der Waals surface area contributed by atoms with Gasteiger partial charge < -0.3 is 0 Å². The van der Waals surface area contributed by atoms with Crippen molar-refractivity contribution in [2.24, 2.45) is 0 Å². The monoisotopic (exact) mass is 244 g/mol. The van der Waals surface area contributed by atoms with Crippen LogP contribution in [0.1, 0.15) is 13.8 Å². The number of nitrogens with zero attached hydrogens (tertiary/aromatic N) is 3. The van der Waals surface area contributed by atoms with Gasteiger partial charge in [-0.15, -0.1) is 0 Å². The van der Waals surface area contributed by atoms with E-state index in [4.69, 9.17) is 0 Å². The summed E-state index contributed by atoms with van der Waals surface area (Å²) in [5, 5.41) is 0. The van der Waals surface area contributed by atoms with Crippen molar-refractivity contribution >= 4 is 8.80 Å². The summed E-state index contributed by atoms with van der Waals surface area (Å²) < 4.78 is 0. The second-order valence-corrected chi connectivity index (χ2v) is 8.36. The van der Waals surface area contributed by atoms with Gasteiger partial charge in [0.25, 0.3) is 0 Å². The van der Waals surface area contributed by atoms with Gasteiger partial charge in [-0.3, -0.25) is 14.7 Å². The van der Waals surface area contributed by atoms with Gasteiger partial charge in [0.2, 0.25) is 0 Å². The first-order chi connectivity index (χ1) is 7.32. The number of rotatable bonds is 7. The molecule has 0 saturated heterocycles. The normalized spacial score (nSPS) is 13.5. The van der Waals surface area contributed by atoms with Crippen LogP contribution in [-0.2, 0) is 0 Å². The van der Waals surface area contributed by atoms with E-state index in [2.05, 4.69) is 70.8 Å². The molecule has 0 spiro atoms. The molecule has 0 aromatic heterocycles. The molecule has 0 aliphatic rings. The summed E-state index contributed by atoms with van der Waals surface area (Å²) in [5.41, 5.74) is 0. The summed E-state index contributed by atoms with van der Waals surface area (Å²) >= 11 is 0. The van der Waals surface area contributed by atoms with Crippen molar-refractivity contribution in [3.63, 3.8) is 0 Å². The number of hydrogen-bond acceptors (Lipinski definition) is 3. The molecule has 0 rings (SSSR count). The summed E-state index contributed by atoms with van der Waals surface area (Å²) in [6.45, 7) is 4.67. The van der Waals surface area contributed by atoms with Crippen molar-refractivity contribution in [2.75, 3.05) is 42.3 Å². The molecule has 0 aliphatic carbocycles. The second kappa shape index (κ2) is 6.74. The van der Waals surface area contributed by atoms with Crippen LogP contribution in [0.2, 0.25) is 18.1 Å². The first-order valence-corrected chi connectivity index (χ1v) is 8.30. The molecule has 0 atom stereocenters. The zero-order chi connectivity index (χ0) is 12.9. The van der Waals surface area contributed by atoms with Crippen LogP contribution < -0.4 is 0 Å². The van der Waals surface area contributed by atoms with E-state index in [1.807, 2.05) is 0 Å². The van der Waals surface area contributed by atoms with Gasteiger partial charge in [-0.2, -0.15) is 0 Å². The van der Waals surface area contributed by atoms with E-state index < -0.39 is 0 Å². The Morgan fingerprint density at radius 1 is 0.750 bits per heavy atom. The lowest BCUT2D eigenvalue weighted by molar-refractivity contribution is -0.0925. The second-order valence-electron chi connectivity index (χ2n) is 5.09. The van der Waals surface area contributed by atoms with Crippen LogP contribution in [0.15, 0.2) is 0 Å². The molecule has 0 aliphatic heterocycles. The number of hydrogen-bond donors (Lipinski definition) is 0. The van der Waals surface area contributed by atoms with Crippen molar-refractivity contribution in [3.05, 3.63) is 0 Å². The predicted molar refractivity (Wildman–Crippen MR) is 75.3 cm³/mol. The summed E-state index contributed by atoms with van der Waals surface area (Å²) in [6, 6.07) is 4.01. The third-order valence-electron chi connectivity index (χ3n) is 3.64. The predicted octanol–water partition coefficient (Wildman–Crippen LogP) is 1.86. The van der Waals surface area contributed by atoms with E-state index in [1.165, 1.54) is 18.1 Å². The van der Waals surface area contributed by atoms with Gasteiger partial charge in [-0.25, -0.2) is 0 Å². The lowest BCUT2D eigenvalue weighted by Gasteiger charge is -2.51. The van der Waals surface area contributed by atoms with Crippen LogP contribution in [0.25, 0.3) is 0 Å². The van der Waals surface area contributed by atoms with Gasteiger partial charge in [0, 0.05) is 0 Å². The molecule has 3 nitrogen and oxygen atoms in total. The van der Waals surface area contributed by atoms with Crippen molar-refractivity contribution in [1.82, 2.24) is 14.7 Å². The maximum atomic E-state index is 2.35. The van der Waals surface area contributed by atoms with Crippen molar-refractivity contribution in [3.8, 4) is 0 Å². The van der Waals surface area contributed by atoms with Crippen LogP contribution in [-0.4, -0.2) is 71.6 Å². The molecule has 0 bridgehead atoms. The third kappa shape index (κ3) is 3.29. The minimum Gasteiger partial charge on any atom is -0.279 e. The highest BCUT2D eigenvalue weighted by Crippen LogP contribution is 2.27. The molecule has 1 radical (unpaired) electrons. The molecule has 0 aromatic rings. The summed E-state index contributed by atoms with van der Waals surface area (Å²) in [7, 11) is 12.9. The average molecular weight is 244 g/mol. The SMILES string of the molecule is CC[Si](CC)CC(N(C)C)(N(C)C)N(C)C. The van der Waals surface area contributed by atoms with Crippen LogP contribution in [0.4, 0.5) is 0 Å².